The van der Waals surface area contributed by atoms with Crippen LogP contribution in [0.1, 0.15) is 31.2 Å². The summed E-state index contributed by atoms with van der Waals surface area (Å²) in [5.41, 5.74) is 0.976. The van der Waals surface area contributed by atoms with Crippen molar-refractivity contribution in [1.29, 1.82) is 0 Å². The molecule has 0 saturated heterocycles. The summed E-state index contributed by atoms with van der Waals surface area (Å²) in [5.74, 6) is -0.937. The molecule has 2 rings (SSSR count). The summed E-state index contributed by atoms with van der Waals surface area (Å²) in [4.78, 5) is 34.1. The zero-order chi connectivity index (χ0) is 21.1. The molecule has 0 bridgehead atoms. The molecule has 1 saturated carbocycles. The molecular weight excluding hydrogens is 364 g/mol. The van der Waals surface area contributed by atoms with Crippen LogP contribution in [0.15, 0.2) is 18.2 Å². The van der Waals surface area contributed by atoms with Crippen LogP contribution in [-0.4, -0.2) is 74.1 Å². The first-order valence-electron chi connectivity index (χ1n) is 9.22. The van der Waals surface area contributed by atoms with Crippen molar-refractivity contribution in [2.24, 2.45) is 0 Å². The smallest absolute Gasteiger partial charge is 0.394 e. The number of aliphatic carboxylic acids is 1. The van der Waals surface area contributed by atoms with E-state index in [1.165, 1.54) is 29.7 Å². The lowest BCUT2D eigenvalue weighted by Crippen LogP contribution is -2.34. The first-order valence-corrected chi connectivity index (χ1v) is 9.22. The van der Waals surface area contributed by atoms with E-state index in [9.17, 15) is 14.4 Å². The molecule has 8 heteroatoms. The number of hydrogen-bond acceptors (Lipinski definition) is 5. The van der Waals surface area contributed by atoms with Gasteiger partial charge >= 0.3 is 11.9 Å². The Labute approximate surface area is 166 Å². The lowest BCUT2D eigenvalue weighted by molar-refractivity contribution is -0.155. The maximum Gasteiger partial charge on any atom is 0.394 e. The highest BCUT2D eigenvalue weighted by Crippen LogP contribution is 2.32. The molecule has 8 nitrogen and oxygen atoms in total. The molecule has 1 N–H and O–H groups in total. The summed E-state index contributed by atoms with van der Waals surface area (Å²) >= 11 is 0. The van der Waals surface area contributed by atoms with Crippen molar-refractivity contribution in [1.82, 2.24) is 9.80 Å². The van der Waals surface area contributed by atoms with Crippen LogP contribution in [-0.2, 0) is 20.8 Å². The van der Waals surface area contributed by atoms with Crippen molar-refractivity contribution in [2.45, 2.75) is 38.2 Å². The van der Waals surface area contributed by atoms with Crippen molar-refractivity contribution in [3.63, 3.8) is 0 Å². The second-order valence-corrected chi connectivity index (χ2v) is 6.86. The number of carbonyl (C=O) groups excluding carboxylic acids is 2. The minimum Gasteiger partial charge on any atom is -0.493 e. The summed E-state index contributed by atoms with van der Waals surface area (Å²) in [7, 11) is 6.46. The van der Waals surface area contributed by atoms with Crippen LogP contribution in [0.5, 0.6) is 11.5 Å². The Kier molecular flexibility index (Phi) is 9.84. The molecule has 0 aliphatic heterocycles. The average molecular weight is 394 g/mol. The highest BCUT2D eigenvalue weighted by molar-refractivity contribution is 6.31. The maximum atomic E-state index is 11.3. The van der Waals surface area contributed by atoms with Crippen LogP contribution in [0, 0.1) is 0 Å². The Morgan fingerprint density at radius 1 is 1.18 bits per heavy atom. The van der Waals surface area contributed by atoms with Crippen molar-refractivity contribution in [3.8, 4) is 11.5 Å². The SMILES string of the molecule is CN(C)C=O.COc1ccc(CCN(C)C(=O)C(=O)O)cc1OC1CCCC1. The summed E-state index contributed by atoms with van der Waals surface area (Å²) < 4.78 is 11.4. The van der Waals surface area contributed by atoms with Crippen LogP contribution in [0.25, 0.3) is 0 Å². The van der Waals surface area contributed by atoms with Gasteiger partial charge in [-0.3, -0.25) is 9.59 Å². The van der Waals surface area contributed by atoms with Crippen molar-refractivity contribution in [2.75, 3.05) is 34.8 Å². The maximum absolute atomic E-state index is 11.3. The van der Waals surface area contributed by atoms with Gasteiger partial charge in [0.2, 0.25) is 6.41 Å². The van der Waals surface area contributed by atoms with E-state index in [1.807, 2.05) is 18.2 Å². The van der Waals surface area contributed by atoms with E-state index in [2.05, 4.69) is 0 Å². The number of carbonyl (C=O) groups is 3. The predicted octanol–water partition coefficient (Wildman–Crippen LogP) is 1.81. The number of nitrogens with zero attached hydrogens (tertiary/aromatic N) is 2. The number of amides is 2. The fourth-order valence-corrected chi connectivity index (χ4v) is 2.72. The molecule has 0 aromatic heterocycles. The number of hydrogen-bond donors (Lipinski definition) is 1. The number of methoxy groups -OCH3 is 1. The molecule has 2 amide bonds. The average Bonchev–Trinajstić information content (AvgIpc) is 3.19. The Hall–Kier alpha value is -2.77. The third-order valence-corrected chi connectivity index (χ3v) is 4.30. The molecule has 0 unspecified atom stereocenters. The lowest BCUT2D eigenvalue weighted by Gasteiger charge is -2.18. The van der Waals surface area contributed by atoms with Gasteiger partial charge in [0.1, 0.15) is 0 Å². The number of ether oxygens (including phenoxy) is 2. The van der Waals surface area contributed by atoms with Crippen LogP contribution in [0.2, 0.25) is 0 Å². The number of rotatable bonds is 7. The third kappa shape index (κ3) is 7.85. The van der Waals surface area contributed by atoms with Gasteiger partial charge in [0.05, 0.1) is 13.2 Å². The monoisotopic (exact) mass is 394 g/mol. The van der Waals surface area contributed by atoms with E-state index in [4.69, 9.17) is 14.6 Å². The first-order chi connectivity index (χ1) is 13.3. The van der Waals surface area contributed by atoms with Crippen LogP contribution in [0.4, 0.5) is 0 Å². The van der Waals surface area contributed by atoms with Crippen LogP contribution in [0.3, 0.4) is 0 Å². The number of likely N-dealkylation sites (N-methyl/N-ethyl adjacent to an activating group) is 1. The topological polar surface area (TPSA) is 96.4 Å². The molecule has 28 heavy (non-hydrogen) atoms. The first kappa shape index (κ1) is 23.3. The minimum atomic E-state index is -1.44. The standard InChI is InChI=1S/C17H23NO5.C3H7NO/c1-18(16(19)17(20)21)10-9-12-7-8-14(22-2)15(11-12)23-13-5-3-4-6-13;1-4(2)3-5/h7-8,11,13H,3-6,9-10H2,1-2H3,(H,20,21);3H,1-2H3. The highest BCUT2D eigenvalue weighted by Gasteiger charge is 2.19. The molecule has 0 radical (unpaired) electrons. The van der Waals surface area contributed by atoms with Crippen molar-refractivity contribution >= 4 is 18.3 Å². The Morgan fingerprint density at radius 3 is 2.29 bits per heavy atom. The molecule has 156 valence electrons. The van der Waals surface area contributed by atoms with E-state index < -0.39 is 11.9 Å². The molecule has 0 spiro atoms. The fourth-order valence-electron chi connectivity index (χ4n) is 2.72. The van der Waals surface area contributed by atoms with Gasteiger partial charge in [-0.05, 0) is 49.8 Å². The van der Waals surface area contributed by atoms with Crippen molar-refractivity contribution < 1.29 is 29.0 Å². The molecular formula is C20H30N2O6. The molecule has 0 atom stereocenters. The van der Waals surface area contributed by atoms with Gasteiger partial charge in [-0.1, -0.05) is 6.07 Å². The highest BCUT2D eigenvalue weighted by atomic mass is 16.5. The molecule has 1 fully saturated rings. The molecule has 0 heterocycles. The molecule has 1 aliphatic carbocycles. The second kappa shape index (κ2) is 11.8. The minimum absolute atomic E-state index is 0.232. The third-order valence-electron chi connectivity index (χ3n) is 4.30. The summed E-state index contributed by atoms with van der Waals surface area (Å²) in [6, 6.07) is 5.66. The van der Waals surface area contributed by atoms with Gasteiger partial charge in [0.15, 0.2) is 11.5 Å². The lowest BCUT2D eigenvalue weighted by atomic mass is 10.1. The van der Waals surface area contributed by atoms with E-state index in [-0.39, 0.29) is 6.10 Å². The summed E-state index contributed by atoms with van der Waals surface area (Å²) in [6.07, 6.45) is 6.03. The fraction of sp³-hybridized carbons (Fsp3) is 0.550. The normalized spacial score (nSPS) is 13.1. The van der Waals surface area contributed by atoms with E-state index in [0.717, 1.165) is 24.8 Å². The van der Waals surface area contributed by atoms with Gasteiger partial charge in [-0.15, -0.1) is 0 Å². The zero-order valence-electron chi connectivity index (χ0n) is 17.0. The summed E-state index contributed by atoms with van der Waals surface area (Å²) in [6.45, 7) is 0.334. The van der Waals surface area contributed by atoms with E-state index in [0.29, 0.717) is 24.5 Å². The largest absolute Gasteiger partial charge is 0.493 e. The zero-order valence-corrected chi connectivity index (χ0v) is 17.0. The number of benzene rings is 1. The molecule has 1 aromatic rings. The predicted molar refractivity (Wildman–Crippen MR) is 105 cm³/mol. The van der Waals surface area contributed by atoms with Gasteiger partial charge in [0, 0.05) is 27.7 Å². The molecule has 1 aliphatic rings. The van der Waals surface area contributed by atoms with E-state index in [1.54, 1.807) is 21.2 Å². The van der Waals surface area contributed by atoms with Crippen LogP contribution < -0.4 is 9.47 Å². The van der Waals surface area contributed by atoms with E-state index >= 15 is 0 Å². The van der Waals surface area contributed by atoms with Gasteiger partial charge < -0.3 is 24.4 Å². The summed E-state index contributed by atoms with van der Waals surface area (Å²) in [5, 5.41) is 8.69. The Bertz CT molecular complexity index is 656. The quantitative estimate of drug-likeness (QED) is 0.560. The van der Waals surface area contributed by atoms with Gasteiger partial charge in [-0.25, -0.2) is 4.79 Å². The second-order valence-electron chi connectivity index (χ2n) is 6.86. The molecule has 1 aromatic carbocycles. The van der Waals surface area contributed by atoms with Gasteiger partial charge in [-0.2, -0.15) is 0 Å². The number of carboxylic acids is 1. The van der Waals surface area contributed by atoms with Gasteiger partial charge in [0.25, 0.3) is 0 Å². The van der Waals surface area contributed by atoms with Crippen molar-refractivity contribution in [3.05, 3.63) is 23.8 Å². The number of carboxylic acid groups (broad SMARTS) is 1. The Morgan fingerprint density at radius 2 is 1.79 bits per heavy atom. The van der Waals surface area contributed by atoms with Crippen LogP contribution >= 0.6 is 0 Å². The Balaban J connectivity index is 0.000000696.